The van der Waals surface area contributed by atoms with Crippen LogP contribution in [0.2, 0.25) is 0 Å². The van der Waals surface area contributed by atoms with Crippen molar-refractivity contribution in [2.75, 3.05) is 7.11 Å². The molecule has 1 aliphatic rings. The molecule has 1 amide bonds. The van der Waals surface area contributed by atoms with Gasteiger partial charge in [-0.1, -0.05) is 13.8 Å². The maximum absolute atomic E-state index is 12.0. The van der Waals surface area contributed by atoms with Crippen LogP contribution in [0, 0.1) is 17.8 Å². The lowest BCUT2D eigenvalue weighted by Crippen LogP contribution is -2.47. The molecule has 1 rings (SSSR count). The number of aliphatic carboxylic acids is 1. The third kappa shape index (κ3) is 3.94. The molecule has 2 N–H and O–H groups in total. The Morgan fingerprint density at radius 2 is 1.79 bits per heavy atom. The molecule has 0 radical (unpaired) electrons. The van der Waals surface area contributed by atoms with Gasteiger partial charge >= 0.3 is 11.9 Å². The normalized spacial score (nSPS) is 24.0. The number of esters is 1. The van der Waals surface area contributed by atoms with E-state index in [1.54, 1.807) is 0 Å². The molecule has 1 fully saturated rings. The van der Waals surface area contributed by atoms with Gasteiger partial charge < -0.3 is 15.2 Å². The first-order chi connectivity index (χ1) is 8.86. The highest BCUT2D eigenvalue weighted by Crippen LogP contribution is 2.31. The van der Waals surface area contributed by atoms with E-state index in [0.717, 1.165) is 0 Å². The van der Waals surface area contributed by atoms with Gasteiger partial charge in [-0.15, -0.1) is 0 Å². The van der Waals surface area contributed by atoms with E-state index in [2.05, 4.69) is 10.1 Å². The second kappa shape index (κ2) is 6.54. The average Bonchev–Trinajstić information content (AvgIpc) is 2.84. The molecule has 0 aromatic heterocycles. The van der Waals surface area contributed by atoms with Crippen molar-refractivity contribution in [2.45, 2.75) is 39.2 Å². The number of carbonyl (C=O) groups is 3. The Bertz CT molecular complexity index is 366. The molecule has 0 heterocycles. The third-order valence-electron chi connectivity index (χ3n) is 3.57. The Kier molecular flexibility index (Phi) is 5.32. The molecule has 1 saturated carbocycles. The van der Waals surface area contributed by atoms with Crippen molar-refractivity contribution in [3.63, 3.8) is 0 Å². The number of carboxylic acid groups (broad SMARTS) is 1. The van der Waals surface area contributed by atoms with E-state index >= 15 is 0 Å². The molecular formula is C13H21NO5. The van der Waals surface area contributed by atoms with Crippen LogP contribution >= 0.6 is 0 Å². The molecule has 1 aliphatic carbocycles. The molecule has 2 unspecified atom stereocenters. The number of ether oxygens (including phenoxy) is 1. The average molecular weight is 271 g/mol. The van der Waals surface area contributed by atoms with Gasteiger partial charge in [0.2, 0.25) is 5.91 Å². The maximum Gasteiger partial charge on any atom is 0.328 e. The van der Waals surface area contributed by atoms with E-state index in [1.807, 2.05) is 13.8 Å². The minimum atomic E-state index is -0.858. The Morgan fingerprint density at radius 3 is 2.21 bits per heavy atom. The van der Waals surface area contributed by atoms with Crippen LogP contribution in [0.25, 0.3) is 0 Å². The minimum Gasteiger partial charge on any atom is -0.481 e. The van der Waals surface area contributed by atoms with Crippen molar-refractivity contribution >= 4 is 17.8 Å². The predicted molar refractivity (Wildman–Crippen MR) is 67.3 cm³/mol. The smallest absolute Gasteiger partial charge is 0.328 e. The van der Waals surface area contributed by atoms with Crippen molar-refractivity contribution in [2.24, 2.45) is 17.8 Å². The number of rotatable bonds is 5. The second-order valence-corrected chi connectivity index (χ2v) is 5.30. The van der Waals surface area contributed by atoms with E-state index in [4.69, 9.17) is 5.11 Å². The first-order valence-corrected chi connectivity index (χ1v) is 6.47. The molecule has 0 bridgehead atoms. The van der Waals surface area contributed by atoms with Crippen LogP contribution in [0.5, 0.6) is 0 Å². The standard InChI is InChI=1S/C13H21NO5/c1-7(2)10(13(18)19-3)14-11(15)8-4-5-9(6-8)12(16)17/h7-10H,4-6H2,1-3H3,(H,14,15)(H,16,17)/t8?,9?,10-/m0/s1. The molecular weight excluding hydrogens is 250 g/mol. The van der Waals surface area contributed by atoms with Crippen LogP contribution in [0.1, 0.15) is 33.1 Å². The first kappa shape index (κ1) is 15.5. The summed E-state index contributed by atoms with van der Waals surface area (Å²) in [7, 11) is 1.28. The molecule has 0 aliphatic heterocycles. The summed E-state index contributed by atoms with van der Waals surface area (Å²) < 4.78 is 4.65. The summed E-state index contributed by atoms with van der Waals surface area (Å²) in [4.78, 5) is 34.4. The largest absolute Gasteiger partial charge is 0.481 e. The van der Waals surface area contributed by atoms with Gasteiger partial charge in [-0.3, -0.25) is 9.59 Å². The lowest BCUT2D eigenvalue weighted by Gasteiger charge is -2.21. The highest BCUT2D eigenvalue weighted by Gasteiger charge is 2.36. The van der Waals surface area contributed by atoms with E-state index in [-0.39, 0.29) is 17.7 Å². The van der Waals surface area contributed by atoms with Gasteiger partial charge in [0.05, 0.1) is 13.0 Å². The van der Waals surface area contributed by atoms with Gasteiger partial charge in [-0.05, 0) is 25.2 Å². The summed E-state index contributed by atoms with van der Waals surface area (Å²) in [6.45, 7) is 3.63. The summed E-state index contributed by atoms with van der Waals surface area (Å²) in [5.74, 6) is -2.45. The van der Waals surface area contributed by atoms with Crippen molar-refractivity contribution in [3.05, 3.63) is 0 Å². The van der Waals surface area contributed by atoms with Crippen LogP contribution in [0.15, 0.2) is 0 Å². The van der Waals surface area contributed by atoms with E-state index in [0.29, 0.717) is 19.3 Å². The van der Waals surface area contributed by atoms with Crippen LogP contribution < -0.4 is 5.32 Å². The van der Waals surface area contributed by atoms with Gasteiger partial charge in [0.15, 0.2) is 0 Å². The fraction of sp³-hybridized carbons (Fsp3) is 0.769. The lowest BCUT2D eigenvalue weighted by molar-refractivity contribution is -0.147. The highest BCUT2D eigenvalue weighted by molar-refractivity contribution is 5.86. The molecule has 0 spiro atoms. The van der Waals surface area contributed by atoms with Gasteiger partial charge in [0.25, 0.3) is 0 Å². The van der Waals surface area contributed by atoms with Gasteiger partial charge in [0, 0.05) is 5.92 Å². The fourth-order valence-electron chi connectivity index (χ4n) is 2.34. The van der Waals surface area contributed by atoms with E-state index < -0.39 is 23.9 Å². The van der Waals surface area contributed by atoms with Crippen molar-refractivity contribution in [1.29, 1.82) is 0 Å². The number of carboxylic acids is 1. The number of hydrogen-bond donors (Lipinski definition) is 2. The first-order valence-electron chi connectivity index (χ1n) is 6.47. The SMILES string of the molecule is COC(=O)[C@@H](NC(=O)C1CCC(C(=O)O)C1)C(C)C. The Labute approximate surface area is 112 Å². The number of carbonyl (C=O) groups excluding carboxylic acids is 2. The maximum atomic E-state index is 12.0. The lowest BCUT2D eigenvalue weighted by atomic mass is 10.0. The molecule has 108 valence electrons. The number of methoxy groups -OCH3 is 1. The van der Waals surface area contributed by atoms with Crippen LogP contribution in [0.4, 0.5) is 0 Å². The monoisotopic (exact) mass is 271 g/mol. The van der Waals surface area contributed by atoms with E-state index in [9.17, 15) is 14.4 Å². The molecule has 6 heteroatoms. The highest BCUT2D eigenvalue weighted by atomic mass is 16.5. The number of amides is 1. The van der Waals surface area contributed by atoms with Crippen molar-refractivity contribution in [3.8, 4) is 0 Å². The zero-order valence-electron chi connectivity index (χ0n) is 11.5. The van der Waals surface area contributed by atoms with Crippen LogP contribution in [0.3, 0.4) is 0 Å². The second-order valence-electron chi connectivity index (χ2n) is 5.30. The van der Waals surface area contributed by atoms with E-state index in [1.165, 1.54) is 7.11 Å². The molecule has 0 aromatic rings. The molecule has 19 heavy (non-hydrogen) atoms. The zero-order valence-corrected chi connectivity index (χ0v) is 11.5. The molecule has 0 aromatic carbocycles. The third-order valence-corrected chi connectivity index (χ3v) is 3.57. The summed E-state index contributed by atoms with van der Waals surface area (Å²) in [5, 5.41) is 11.6. The molecule has 6 nitrogen and oxygen atoms in total. The van der Waals surface area contributed by atoms with Crippen LogP contribution in [-0.2, 0) is 19.1 Å². The zero-order chi connectivity index (χ0) is 14.6. The molecule has 3 atom stereocenters. The summed E-state index contributed by atoms with van der Waals surface area (Å²) >= 11 is 0. The minimum absolute atomic E-state index is 0.0759. The Morgan fingerprint density at radius 1 is 1.21 bits per heavy atom. The van der Waals surface area contributed by atoms with Gasteiger partial charge in [-0.2, -0.15) is 0 Å². The van der Waals surface area contributed by atoms with Crippen molar-refractivity contribution < 1.29 is 24.2 Å². The summed E-state index contributed by atoms with van der Waals surface area (Å²) in [6.07, 6.45) is 1.40. The quantitative estimate of drug-likeness (QED) is 0.721. The topological polar surface area (TPSA) is 92.7 Å². The summed E-state index contributed by atoms with van der Waals surface area (Å²) in [6, 6.07) is -0.679. The Balaban J connectivity index is 2.59. The van der Waals surface area contributed by atoms with Gasteiger partial charge in [-0.25, -0.2) is 4.79 Å². The Hall–Kier alpha value is -1.59. The fourth-order valence-corrected chi connectivity index (χ4v) is 2.34. The predicted octanol–water partition coefficient (Wildman–Crippen LogP) is 0.801. The number of nitrogens with one attached hydrogen (secondary N) is 1. The summed E-state index contributed by atoms with van der Waals surface area (Å²) in [5.41, 5.74) is 0. The number of hydrogen-bond acceptors (Lipinski definition) is 4. The molecule has 0 saturated heterocycles. The van der Waals surface area contributed by atoms with Crippen molar-refractivity contribution in [1.82, 2.24) is 5.32 Å². The van der Waals surface area contributed by atoms with Gasteiger partial charge in [0.1, 0.15) is 6.04 Å². The van der Waals surface area contributed by atoms with Crippen LogP contribution in [-0.4, -0.2) is 36.1 Å².